The fraction of sp³-hybridized carbons (Fsp3) is 0.250. The van der Waals surface area contributed by atoms with Gasteiger partial charge in [-0.2, -0.15) is 0 Å². The van der Waals surface area contributed by atoms with E-state index in [-0.39, 0.29) is 13.0 Å². The monoisotopic (exact) mass is 288 g/mol. The molecule has 0 bridgehead atoms. The first-order valence-corrected chi connectivity index (χ1v) is 6.69. The zero-order valence-electron chi connectivity index (χ0n) is 11.9. The number of anilines is 2. The molecule has 1 unspecified atom stereocenters. The van der Waals surface area contributed by atoms with E-state index < -0.39 is 5.60 Å². The van der Waals surface area contributed by atoms with Crippen molar-refractivity contribution < 1.29 is 14.9 Å². The van der Waals surface area contributed by atoms with Crippen LogP contribution in [-0.2, 0) is 5.60 Å². The maximum absolute atomic E-state index is 10.2. The Morgan fingerprint density at radius 2 is 1.76 bits per heavy atom. The van der Waals surface area contributed by atoms with Gasteiger partial charge in [0.1, 0.15) is 11.5 Å². The van der Waals surface area contributed by atoms with E-state index >= 15 is 0 Å². The van der Waals surface area contributed by atoms with Gasteiger partial charge in [-0.25, -0.2) is 0 Å². The lowest BCUT2D eigenvalue weighted by Crippen LogP contribution is -2.22. The first kappa shape index (κ1) is 15.2. The molecule has 0 fully saturated rings. The van der Waals surface area contributed by atoms with Gasteiger partial charge in [-0.3, -0.25) is 0 Å². The minimum Gasteiger partial charge on any atom is -0.455 e. The highest BCUT2D eigenvalue weighted by molar-refractivity contribution is 5.61. The third-order valence-corrected chi connectivity index (χ3v) is 3.34. The molecule has 0 aliphatic rings. The molecule has 2 rings (SSSR count). The van der Waals surface area contributed by atoms with Crippen LogP contribution in [0.5, 0.6) is 11.5 Å². The predicted octanol–water partition coefficient (Wildman–Crippen LogP) is 2.23. The standard InChI is InChI=1S/C16H20N2O3/c1-16(20,8-9-19)11-2-5-13(6-3-11)21-15-7-4-12(17)10-14(15)18/h2-7,10,19-20H,8-9,17-18H2,1H3. The van der Waals surface area contributed by atoms with E-state index in [4.69, 9.17) is 21.3 Å². The van der Waals surface area contributed by atoms with Crippen LogP contribution in [0, 0.1) is 0 Å². The average molecular weight is 288 g/mol. The molecule has 0 amide bonds. The van der Waals surface area contributed by atoms with E-state index in [0.717, 1.165) is 0 Å². The fourth-order valence-corrected chi connectivity index (χ4v) is 2.03. The lowest BCUT2D eigenvalue weighted by atomic mass is 9.93. The maximum atomic E-state index is 10.2. The number of aliphatic hydroxyl groups is 2. The molecule has 5 nitrogen and oxygen atoms in total. The SMILES string of the molecule is CC(O)(CCO)c1ccc(Oc2ccc(N)cc2N)cc1. The molecule has 0 spiro atoms. The number of aliphatic hydroxyl groups excluding tert-OH is 1. The number of hydrogen-bond acceptors (Lipinski definition) is 5. The van der Waals surface area contributed by atoms with Crippen LogP contribution in [0.25, 0.3) is 0 Å². The Morgan fingerprint density at radius 3 is 2.33 bits per heavy atom. The summed E-state index contributed by atoms with van der Waals surface area (Å²) in [5.74, 6) is 1.13. The molecule has 2 aromatic rings. The van der Waals surface area contributed by atoms with Gasteiger partial charge in [-0.15, -0.1) is 0 Å². The molecule has 2 aromatic carbocycles. The molecular formula is C16H20N2O3. The van der Waals surface area contributed by atoms with Crippen LogP contribution < -0.4 is 16.2 Å². The van der Waals surface area contributed by atoms with Crippen LogP contribution in [0.4, 0.5) is 11.4 Å². The lowest BCUT2D eigenvalue weighted by molar-refractivity contribution is 0.0299. The van der Waals surface area contributed by atoms with Crippen LogP contribution in [-0.4, -0.2) is 16.8 Å². The van der Waals surface area contributed by atoms with Gasteiger partial charge in [-0.05, 0) is 42.8 Å². The van der Waals surface area contributed by atoms with Gasteiger partial charge >= 0.3 is 0 Å². The molecule has 0 aromatic heterocycles. The van der Waals surface area contributed by atoms with Crippen LogP contribution >= 0.6 is 0 Å². The maximum Gasteiger partial charge on any atom is 0.150 e. The lowest BCUT2D eigenvalue weighted by Gasteiger charge is -2.23. The highest BCUT2D eigenvalue weighted by Crippen LogP contribution is 2.31. The summed E-state index contributed by atoms with van der Waals surface area (Å²) in [6.45, 7) is 1.59. The van der Waals surface area contributed by atoms with Crippen molar-refractivity contribution in [3.05, 3.63) is 48.0 Å². The predicted molar refractivity (Wildman–Crippen MR) is 83.1 cm³/mol. The Morgan fingerprint density at radius 1 is 1.10 bits per heavy atom. The second kappa shape index (κ2) is 6.03. The van der Waals surface area contributed by atoms with E-state index in [1.807, 2.05) is 0 Å². The van der Waals surface area contributed by atoms with Crippen LogP contribution in [0.3, 0.4) is 0 Å². The minimum absolute atomic E-state index is 0.0762. The highest BCUT2D eigenvalue weighted by Gasteiger charge is 2.22. The summed E-state index contributed by atoms with van der Waals surface area (Å²) in [7, 11) is 0. The highest BCUT2D eigenvalue weighted by atomic mass is 16.5. The molecule has 21 heavy (non-hydrogen) atoms. The topological polar surface area (TPSA) is 102 Å². The van der Waals surface area contributed by atoms with E-state index in [1.165, 1.54) is 0 Å². The molecule has 0 saturated carbocycles. The van der Waals surface area contributed by atoms with Crippen molar-refractivity contribution in [3.63, 3.8) is 0 Å². The van der Waals surface area contributed by atoms with Crippen molar-refractivity contribution in [2.45, 2.75) is 18.9 Å². The molecule has 112 valence electrons. The summed E-state index contributed by atoms with van der Waals surface area (Å²) in [4.78, 5) is 0. The van der Waals surface area contributed by atoms with Crippen LogP contribution in [0.1, 0.15) is 18.9 Å². The number of rotatable bonds is 5. The molecule has 0 aliphatic heterocycles. The Hall–Kier alpha value is -2.24. The van der Waals surface area contributed by atoms with Crippen molar-refractivity contribution in [3.8, 4) is 11.5 Å². The second-order valence-electron chi connectivity index (χ2n) is 5.17. The molecular weight excluding hydrogens is 268 g/mol. The Labute approximate surface area is 123 Å². The molecule has 0 radical (unpaired) electrons. The molecule has 5 heteroatoms. The normalized spacial score (nSPS) is 13.7. The number of nitrogens with two attached hydrogens (primary N) is 2. The van der Waals surface area contributed by atoms with Crippen molar-refractivity contribution in [1.82, 2.24) is 0 Å². The molecule has 6 N–H and O–H groups in total. The summed E-state index contributed by atoms with van der Waals surface area (Å²) < 4.78 is 5.68. The number of benzene rings is 2. The van der Waals surface area contributed by atoms with E-state index in [2.05, 4.69) is 0 Å². The molecule has 0 aliphatic carbocycles. The van der Waals surface area contributed by atoms with Gasteiger partial charge in [0, 0.05) is 18.7 Å². The number of hydrogen-bond donors (Lipinski definition) is 4. The van der Waals surface area contributed by atoms with Gasteiger partial charge in [-0.1, -0.05) is 12.1 Å². The smallest absolute Gasteiger partial charge is 0.150 e. The van der Waals surface area contributed by atoms with E-state index in [0.29, 0.717) is 28.4 Å². The van der Waals surface area contributed by atoms with E-state index in [9.17, 15) is 5.11 Å². The van der Waals surface area contributed by atoms with Crippen LogP contribution in [0.2, 0.25) is 0 Å². The van der Waals surface area contributed by atoms with Crippen molar-refractivity contribution in [2.75, 3.05) is 18.1 Å². The molecule has 0 heterocycles. The molecule has 1 atom stereocenters. The third kappa shape index (κ3) is 3.65. The van der Waals surface area contributed by atoms with Gasteiger partial charge in [0.05, 0.1) is 11.3 Å². The van der Waals surface area contributed by atoms with Gasteiger partial charge in [0.15, 0.2) is 0 Å². The Kier molecular flexibility index (Phi) is 4.35. The average Bonchev–Trinajstić information content (AvgIpc) is 2.42. The summed E-state index contributed by atoms with van der Waals surface area (Å²) in [5.41, 5.74) is 12.2. The quantitative estimate of drug-likeness (QED) is 0.632. The molecule has 0 saturated heterocycles. The third-order valence-electron chi connectivity index (χ3n) is 3.34. The summed E-state index contributed by atoms with van der Waals surface area (Å²) >= 11 is 0. The zero-order chi connectivity index (χ0) is 15.5. The fourth-order valence-electron chi connectivity index (χ4n) is 2.03. The zero-order valence-corrected chi connectivity index (χ0v) is 11.9. The minimum atomic E-state index is -1.06. The van der Waals surface area contributed by atoms with Crippen LogP contribution in [0.15, 0.2) is 42.5 Å². The van der Waals surface area contributed by atoms with Crippen molar-refractivity contribution >= 4 is 11.4 Å². The van der Waals surface area contributed by atoms with Crippen molar-refractivity contribution in [1.29, 1.82) is 0 Å². The van der Waals surface area contributed by atoms with Gasteiger partial charge in [0.2, 0.25) is 0 Å². The van der Waals surface area contributed by atoms with Crippen molar-refractivity contribution in [2.24, 2.45) is 0 Å². The second-order valence-corrected chi connectivity index (χ2v) is 5.17. The number of ether oxygens (including phenoxy) is 1. The van der Waals surface area contributed by atoms with E-state index in [1.54, 1.807) is 49.4 Å². The van der Waals surface area contributed by atoms with Gasteiger partial charge in [0.25, 0.3) is 0 Å². The largest absolute Gasteiger partial charge is 0.455 e. The first-order chi connectivity index (χ1) is 9.92. The summed E-state index contributed by atoms with van der Waals surface area (Å²) in [6, 6.07) is 12.1. The Bertz CT molecular complexity index is 609. The first-order valence-electron chi connectivity index (χ1n) is 6.69. The van der Waals surface area contributed by atoms with Gasteiger partial charge < -0.3 is 26.4 Å². The Balaban J connectivity index is 2.16. The summed E-state index contributed by atoms with van der Waals surface area (Å²) in [5, 5.41) is 19.2. The number of nitrogen functional groups attached to an aromatic ring is 2. The summed E-state index contributed by atoms with van der Waals surface area (Å²) in [6.07, 6.45) is 0.276.